The summed E-state index contributed by atoms with van der Waals surface area (Å²) in [7, 11) is 0. The third kappa shape index (κ3) is 3.30. The fourth-order valence-corrected chi connectivity index (χ4v) is 4.54. The van der Waals surface area contributed by atoms with Gasteiger partial charge in [-0.2, -0.15) is 0 Å². The van der Waals surface area contributed by atoms with Crippen LogP contribution in [-0.4, -0.2) is 42.3 Å². The van der Waals surface area contributed by atoms with Crippen molar-refractivity contribution in [2.24, 2.45) is 11.1 Å². The summed E-state index contributed by atoms with van der Waals surface area (Å²) in [6, 6.07) is 0. The van der Waals surface area contributed by atoms with Crippen LogP contribution in [0.25, 0.3) is 0 Å². The van der Waals surface area contributed by atoms with Crippen LogP contribution in [0.5, 0.6) is 0 Å². The third-order valence-electron chi connectivity index (χ3n) is 6.84. The largest absolute Gasteiger partial charge is 0.375 e. The molecule has 0 aromatic heterocycles. The Labute approximate surface area is 131 Å². The normalized spacial score (nSPS) is 37.6. The molecule has 2 unspecified atom stereocenters. The van der Waals surface area contributed by atoms with Gasteiger partial charge in [-0.25, -0.2) is 0 Å². The van der Waals surface area contributed by atoms with Gasteiger partial charge in [0, 0.05) is 18.7 Å². The molecule has 0 aromatic carbocycles. The van der Waals surface area contributed by atoms with Gasteiger partial charge in [-0.3, -0.25) is 4.90 Å². The maximum Gasteiger partial charge on any atom is 0.0670 e. The number of likely N-dealkylation sites (tertiary alicyclic amines) is 1. The Morgan fingerprint density at radius 3 is 2.10 bits per heavy atom. The van der Waals surface area contributed by atoms with Gasteiger partial charge in [0.25, 0.3) is 0 Å². The summed E-state index contributed by atoms with van der Waals surface area (Å²) in [6.45, 7) is 13.3. The molecule has 2 rings (SSSR count). The van der Waals surface area contributed by atoms with Crippen LogP contribution >= 0.6 is 0 Å². The number of rotatable bonds is 5. The van der Waals surface area contributed by atoms with E-state index in [9.17, 15) is 0 Å². The summed E-state index contributed by atoms with van der Waals surface area (Å²) in [6.07, 6.45) is 8.60. The smallest absolute Gasteiger partial charge is 0.0670 e. The highest BCUT2D eigenvalue weighted by atomic mass is 16.5. The minimum atomic E-state index is 0.0155. The standard InChI is InChI=1S/C18H36N2O/c1-5-16(4)14-18(15-19,10-13-21-16)20-11-8-17(6-2,7-3)9-12-20/h5-15,19H2,1-4H3. The zero-order valence-electron chi connectivity index (χ0n) is 14.7. The predicted octanol–water partition coefficient (Wildman–Crippen LogP) is 3.57. The Morgan fingerprint density at radius 1 is 1.00 bits per heavy atom. The highest BCUT2D eigenvalue weighted by Crippen LogP contribution is 2.44. The van der Waals surface area contributed by atoms with E-state index < -0.39 is 0 Å². The van der Waals surface area contributed by atoms with Crippen LogP contribution in [0.3, 0.4) is 0 Å². The Bertz CT molecular complexity index is 332. The van der Waals surface area contributed by atoms with Crippen molar-refractivity contribution in [2.45, 2.75) is 83.8 Å². The Morgan fingerprint density at radius 2 is 1.62 bits per heavy atom. The van der Waals surface area contributed by atoms with Crippen LogP contribution in [0.15, 0.2) is 0 Å². The van der Waals surface area contributed by atoms with Gasteiger partial charge < -0.3 is 10.5 Å². The molecule has 124 valence electrons. The maximum absolute atomic E-state index is 6.28. The number of hydrogen-bond acceptors (Lipinski definition) is 3. The van der Waals surface area contributed by atoms with Crippen LogP contribution in [0.4, 0.5) is 0 Å². The van der Waals surface area contributed by atoms with Crippen LogP contribution in [-0.2, 0) is 4.74 Å². The van der Waals surface area contributed by atoms with Crippen molar-refractivity contribution in [1.29, 1.82) is 0 Å². The van der Waals surface area contributed by atoms with Crippen molar-refractivity contribution in [3.8, 4) is 0 Å². The van der Waals surface area contributed by atoms with Gasteiger partial charge in [0.15, 0.2) is 0 Å². The first-order valence-electron chi connectivity index (χ1n) is 9.06. The van der Waals surface area contributed by atoms with Gasteiger partial charge in [-0.15, -0.1) is 0 Å². The van der Waals surface area contributed by atoms with E-state index in [0.717, 1.165) is 32.4 Å². The van der Waals surface area contributed by atoms with E-state index >= 15 is 0 Å². The van der Waals surface area contributed by atoms with E-state index in [1.807, 2.05) is 0 Å². The summed E-state index contributed by atoms with van der Waals surface area (Å²) in [4.78, 5) is 2.72. The number of piperidine rings is 1. The molecule has 0 spiro atoms. The number of nitrogens with two attached hydrogens (primary N) is 1. The lowest BCUT2D eigenvalue weighted by Crippen LogP contribution is -2.63. The quantitative estimate of drug-likeness (QED) is 0.843. The molecule has 0 radical (unpaired) electrons. The molecule has 2 aliphatic heterocycles. The molecule has 2 saturated heterocycles. The van der Waals surface area contributed by atoms with Crippen LogP contribution in [0, 0.1) is 5.41 Å². The minimum absolute atomic E-state index is 0.0155. The van der Waals surface area contributed by atoms with Crippen LogP contribution in [0.1, 0.15) is 72.6 Å². The first kappa shape index (κ1) is 17.2. The monoisotopic (exact) mass is 296 g/mol. The number of hydrogen-bond donors (Lipinski definition) is 1. The molecular weight excluding hydrogens is 260 g/mol. The van der Waals surface area contributed by atoms with E-state index in [0.29, 0.717) is 5.41 Å². The van der Waals surface area contributed by atoms with Crippen molar-refractivity contribution in [2.75, 3.05) is 26.2 Å². The van der Waals surface area contributed by atoms with Gasteiger partial charge in [-0.1, -0.05) is 33.6 Å². The van der Waals surface area contributed by atoms with Crippen molar-refractivity contribution in [3.63, 3.8) is 0 Å². The molecule has 2 heterocycles. The van der Waals surface area contributed by atoms with Gasteiger partial charge >= 0.3 is 0 Å². The van der Waals surface area contributed by atoms with Crippen molar-refractivity contribution in [1.82, 2.24) is 4.90 Å². The molecule has 0 amide bonds. The van der Waals surface area contributed by atoms with E-state index in [1.54, 1.807) is 0 Å². The topological polar surface area (TPSA) is 38.5 Å². The summed E-state index contributed by atoms with van der Waals surface area (Å²) in [5.74, 6) is 0. The zero-order chi connectivity index (χ0) is 15.6. The second kappa shape index (κ2) is 6.55. The van der Waals surface area contributed by atoms with Gasteiger partial charge in [-0.05, 0) is 57.5 Å². The molecule has 2 N–H and O–H groups in total. The number of nitrogens with zero attached hydrogens (tertiary/aromatic N) is 1. The number of ether oxygens (including phenoxy) is 1. The molecule has 2 fully saturated rings. The maximum atomic E-state index is 6.28. The van der Waals surface area contributed by atoms with E-state index in [-0.39, 0.29) is 11.1 Å². The second-order valence-electron chi connectivity index (χ2n) is 7.70. The SMILES string of the molecule is CCC1(CC)CCN(C2(CN)CCOC(C)(CC)C2)CC1. The lowest BCUT2D eigenvalue weighted by atomic mass is 9.71. The fourth-order valence-electron chi connectivity index (χ4n) is 4.54. The molecule has 0 aliphatic carbocycles. The summed E-state index contributed by atoms with van der Waals surface area (Å²) >= 11 is 0. The first-order chi connectivity index (χ1) is 9.97. The summed E-state index contributed by atoms with van der Waals surface area (Å²) in [5.41, 5.74) is 7.06. The zero-order valence-corrected chi connectivity index (χ0v) is 14.7. The van der Waals surface area contributed by atoms with E-state index in [4.69, 9.17) is 10.5 Å². The summed E-state index contributed by atoms with van der Waals surface area (Å²) < 4.78 is 6.06. The molecule has 3 heteroatoms. The second-order valence-corrected chi connectivity index (χ2v) is 7.70. The van der Waals surface area contributed by atoms with Gasteiger partial charge in [0.2, 0.25) is 0 Å². The Kier molecular flexibility index (Phi) is 5.38. The summed E-state index contributed by atoms with van der Waals surface area (Å²) in [5, 5.41) is 0. The van der Waals surface area contributed by atoms with Crippen molar-refractivity contribution < 1.29 is 4.74 Å². The highest BCUT2D eigenvalue weighted by Gasteiger charge is 2.47. The van der Waals surface area contributed by atoms with Gasteiger partial charge in [0.1, 0.15) is 0 Å². The molecule has 2 atom stereocenters. The van der Waals surface area contributed by atoms with Gasteiger partial charge in [0.05, 0.1) is 5.60 Å². The molecule has 2 aliphatic rings. The average molecular weight is 296 g/mol. The first-order valence-corrected chi connectivity index (χ1v) is 9.06. The Balaban J connectivity index is 2.09. The molecule has 0 bridgehead atoms. The lowest BCUT2D eigenvalue weighted by molar-refractivity contribution is -0.137. The molecule has 0 aromatic rings. The predicted molar refractivity (Wildman–Crippen MR) is 89.5 cm³/mol. The van der Waals surface area contributed by atoms with Crippen molar-refractivity contribution in [3.05, 3.63) is 0 Å². The molecular formula is C18H36N2O. The Hall–Kier alpha value is -0.120. The fraction of sp³-hybridized carbons (Fsp3) is 1.00. The van der Waals surface area contributed by atoms with Crippen LogP contribution in [0.2, 0.25) is 0 Å². The van der Waals surface area contributed by atoms with E-state index in [1.165, 1.54) is 38.8 Å². The van der Waals surface area contributed by atoms with Crippen molar-refractivity contribution >= 4 is 0 Å². The molecule has 3 nitrogen and oxygen atoms in total. The molecule has 21 heavy (non-hydrogen) atoms. The minimum Gasteiger partial charge on any atom is -0.375 e. The van der Waals surface area contributed by atoms with E-state index in [2.05, 4.69) is 32.6 Å². The highest BCUT2D eigenvalue weighted by molar-refractivity contribution is 5.02. The van der Waals surface area contributed by atoms with Crippen LogP contribution < -0.4 is 5.73 Å². The lowest BCUT2D eigenvalue weighted by Gasteiger charge is -2.55. The average Bonchev–Trinajstić information content (AvgIpc) is 2.55. The third-order valence-corrected chi connectivity index (χ3v) is 6.84. The molecule has 0 saturated carbocycles.